The zero-order valence-electron chi connectivity index (χ0n) is 13.6. The van der Waals surface area contributed by atoms with Gasteiger partial charge in [0.1, 0.15) is 11.5 Å². The van der Waals surface area contributed by atoms with Crippen molar-refractivity contribution < 1.29 is 9.18 Å². The van der Waals surface area contributed by atoms with Gasteiger partial charge < -0.3 is 20.5 Å². The number of amides is 2. The van der Waals surface area contributed by atoms with Crippen molar-refractivity contribution in [3.8, 4) is 0 Å². The average Bonchev–Trinajstić information content (AvgIpc) is 2.58. The second kappa shape index (κ2) is 6.33. The first kappa shape index (κ1) is 15.8. The van der Waals surface area contributed by atoms with Crippen LogP contribution in [-0.4, -0.2) is 23.7 Å². The molecule has 1 aromatic carbocycles. The molecule has 130 valence electrons. The van der Waals surface area contributed by atoms with Crippen molar-refractivity contribution in [1.82, 2.24) is 9.88 Å². The number of urea groups is 1. The van der Waals surface area contributed by atoms with Gasteiger partial charge in [-0.3, -0.25) is 4.79 Å². The van der Waals surface area contributed by atoms with Crippen LogP contribution in [0.3, 0.4) is 0 Å². The highest BCUT2D eigenvalue weighted by Gasteiger charge is 2.31. The molecule has 2 atom stereocenters. The summed E-state index contributed by atoms with van der Waals surface area (Å²) in [5.41, 5.74) is 1.38. The van der Waals surface area contributed by atoms with Gasteiger partial charge >= 0.3 is 6.03 Å². The maximum absolute atomic E-state index is 13.2. The fourth-order valence-electron chi connectivity index (χ4n) is 3.74. The van der Waals surface area contributed by atoms with Gasteiger partial charge in [-0.25, -0.2) is 9.18 Å². The lowest BCUT2D eigenvalue weighted by Gasteiger charge is -2.37. The van der Waals surface area contributed by atoms with Crippen LogP contribution < -0.4 is 21.5 Å². The molecule has 4 rings (SSSR count). The summed E-state index contributed by atoms with van der Waals surface area (Å²) in [6, 6.07) is 8.59. The number of hydrogen-bond donors (Lipinski definition) is 3. The van der Waals surface area contributed by atoms with E-state index in [-0.39, 0.29) is 11.2 Å². The number of hydrogen-bond acceptors (Lipinski definition) is 3. The number of benzene rings is 1. The van der Waals surface area contributed by atoms with Crippen LogP contribution in [0.4, 0.5) is 20.6 Å². The van der Waals surface area contributed by atoms with Crippen molar-refractivity contribution in [3.63, 3.8) is 0 Å². The first-order chi connectivity index (χ1) is 12.1. The molecule has 1 saturated heterocycles. The molecule has 7 heteroatoms. The third-order valence-electron chi connectivity index (χ3n) is 4.84. The van der Waals surface area contributed by atoms with E-state index >= 15 is 0 Å². The van der Waals surface area contributed by atoms with Crippen LogP contribution in [0.5, 0.6) is 0 Å². The molecule has 6 nitrogen and oxygen atoms in total. The van der Waals surface area contributed by atoms with Crippen LogP contribution in [0.1, 0.15) is 18.0 Å². The number of anilines is 2. The number of pyridine rings is 1. The van der Waals surface area contributed by atoms with Crippen LogP contribution in [0.15, 0.2) is 41.2 Å². The molecule has 2 aliphatic heterocycles. The van der Waals surface area contributed by atoms with Gasteiger partial charge in [0.2, 0.25) is 0 Å². The number of carbonyl (C=O) groups excluding carboxylic acids is 1. The fraction of sp³-hybridized carbons (Fsp3) is 0.333. The number of halogens is 1. The lowest BCUT2D eigenvalue weighted by atomic mass is 9.84. The van der Waals surface area contributed by atoms with E-state index in [4.69, 9.17) is 0 Å². The van der Waals surface area contributed by atoms with Gasteiger partial charge in [0.15, 0.2) is 0 Å². The van der Waals surface area contributed by atoms with E-state index in [2.05, 4.69) is 16.0 Å². The molecule has 25 heavy (non-hydrogen) atoms. The summed E-state index contributed by atoms with van der Waals surface area (Å²) < 4.78 is 15.0. The number of piperidine rings is 1. The molecule has 0 aliphatic carbocycles. The van der Waals surface area contributed by atoms with E-state index in [0.717, 1.165) is 25.2 Å². The van der Waals surface area contributed by atoms with Gasteiger partial charge in [-0.15, -0.1) is 0 Å². The second-order valence-corrected chi connectivity index (χ2v) is 6.63. The highest BCUT2D eigenvalue weighted by Crippen LogP contribution is 2.32. The third kappa shape index (κ3) is 3.15. The summed E-state index contributed by atoms with van der Waals surface area (Å²) in [4.78, 5) is 24.8. The van der Waals surface area contributed by atoms with Crippen molar-refractivity contribution in [2.75, 3.05) is 23.7 Å². The topological polar surface area (TPSA) is 75.2 Å². The number of rotatable bonds is 2. The van der Waals surface area contributed by atoms with Crippen LogP contribution in [0.2, 0.25) is 0 Å². The molecule has 2 aliphatic rings. The molecule has 1 aromatic heterocycles. The predicted octanol–water partition coefficient (Wildman–Crippen LogP) is 2.34. The van der Waals surface area contributed by atoms with Crippen LogP contribution in [0, 0.1) is 11.7 Å². The lowest BCUT2D eigenvalue weighted by Crippen LogP contribution is -2.45. The molecule has 0 unspecified atom stereocenters. The zero-order chi connectivity index (χ0) is 17.4. The van der Waals surface area contributed by atoms with Crippen LogP contribution in [0.25, 0.3) is 0 Å². The molecule has 0 spiro atoms. The molecule has 2 amide bonds. The van der Waals surface area contributed by atoms with Crippen LogP contribution >= 0.6 is 0 Å². The highest BCUT2D eigenvalue weighted by molar-refractivity contribution is 5.99. The minimum absolute atomic E-state index is 0.191. The summed E-state index contributed by atoms with van der Waals surface area (Å²) in [5, 5.41) is 8.50. The smallest absolute Gasteiger partial charge is 0.316 e. The van der Waals surface area contributed by atoms with E-state index in [0.29, 0.717) is 24.1 Å². The first-order valence-corrected chi connectivity index (χ1v) is 8.38. The molecule has 2 aromatic rings. The van der Waals surface area contributed by atoms with Gasteiger partial charge in [-0.2, -0.15) is 0 Å². The molecule has 0 radical (unpaired) electrons. The van der Waals surface area contributed by atoms with E-state index in [9.17, 15) is 14.0 Å². The monoisotopic (exact) mass is 342 g/mol. The summed E-state index contributed by atoms with van der Waals surface area (Å²) in [6.45, 7) is 2.46. The minimum Gasteiger partial charge on any atom is -0.316 e. The number of carbonyl (C=O) groups is 1. The zero-order valence-corrected chi connectivity index (χ0v) is 13.6. The maximum atomic E-state index is 13.2. The van der Waals surface area contributed by atoms with Gasteiger partial charge in [0, 0.05) is 30.4 Å². The van der Waals surface area contributed by atoms with Crippen molar-refractivity contribution in [1.29, 1.82) is 0 Å². The van der Waals surface area contributed by atoms with Crippen LogP contribution in [-0.2, 0) is 6.54 Å². The van der Waals surface area contributed by atoms with E-state index in [1.54, 1.807) is 16.7 Å². The Balaban J connectivity index is 1.54. The Hall–Kier alpha value is -2.67. The van der Waals surface area contributed by atoms with E-state index in [1.165, 1.54) is 18.2 Å². The van der Waals surface area contributed by atoms with E-state index in [1.807, 2.05) is 6.07 Å². The Morgan fingerprint density at radius 2 is 2.08 bits per heavy atom. The van der Waals surface area contributed by atoms with Gasteiger partial charge in [-0.1, -0.05) is 6.07 Å². The Morgan fingerprint density at radius 3 is 2.92 bits per heavy atom. The molecular weight excluding hydrogens is 323 g/mol. The molecule has 0 saturated carbocycles. The second-order valence-electron chi connectivity index (χ2n) is 6.63. The van der Waals surface area contributed by atoms with Crippen molar-refractivity contribution in [2.45, 2.75) is 18.9 Å². The Bertz CT molecular complexity index is 880. The average molecular weight is 342 g/mol. The van der Waals surface area contributed by atoms with Crippen molar-refractivity contribution in [2.24, 2.45) is 5.92 Å². The van der Waals surface area contributed by atoms with Gasteiger partial charge in [0.25, 0.3) is 5.56 Å². The SMILES string of the molecule is O=C(Nc1cccc(F)c1)Nc1ccc2n(c1=O)C[C@@H]1CNC[C@H]2C1. The summed E-state index contributed by atoms with van der Waals surface area (Å²) in [6.07, 6.45) is 1.10. The quantitative estimate of drug-likeness (QED) is 0.784. The summed E-state index contributed by atoms with van der Waals surface area (Å²) in [7, 11) is 0. The number of aromatic nitrogens is 1. The minimum atomic E-state index is -0.569. The lowest BCUT2D eigenvalue weighted by molar-refractivity contribution is 0.257. The fourth-order valence-corrected chi connectivity index (χ4v) is 3.74. The summed E-state index contributed by atoms with van der Waals surface area (Å²) in [5.74, 6) is 0.350. The normalized spacial score (nSPS) is 21.3. The number of nitrogens with zero attached hydrogens (tertiary/aromatic N) is 1. The largest absolute Gasteiger partial charge is 0.323 e. The molecule has 2 bridgehead atoms. The van der Waals surface area contributed by atoms with E-state index < -0.39 is 11.8 Å². The molecule has 3 heterocycles. The number of nitrogens with one attached hydrogen (secondary N) is 3. The Labute approximate surface area is 144 Å². The van der Waals surface area contributed by atoms with Gasteiger partial charge in [-0.05, 0) is 49.2 Å². The Kier molecular flexibility index (Phi) is 4.01. The standard InChI is InChI=1S/C18H19FN4O2/c19-13-2-1-3-14(7-13)21-18(25)22-15-4-5-16-12-6-11(8-20-9-12)10-23(16)17(15)24/h1-5,7,11-12,20H,6,8-10H2,(H2,21,22,25)/t11-,12+/m0/s1. The maximum Gasteiger partial charge on any atom is 0.323 e. The molecular formula is C18H19FN4O2. The highest BCUT2D eigenvalue weighted by atomic mass is 19.1. The predicted molar refractivity (Wildman–Crippen MR) is 93.5 cm³/mol. The Morgan fingerprint density at radius 1 is 1.20 bits per heavy atom. The van der Waals surface area contributed by atoms with Crippen molar-refractivity contribution in [3.05, 3.63) is 58.3 Å². The third-order valence-corrected chi connectivity index (χ3v) is 4.84. The van der Waals surface area contributed by atoms with Gasteiger partial charge in [0.05, 0.1) is 0 Å². The van der Waals surface area contributed by atoms with Crippen molar-refractivity contribution >= 4 is 17.4 Å². The molecule has 1 fully saturated rings. The summed E-state index contributed by atoms with van der Waals surface area (Å²) >= 11 is 0. The molecule has 3 N–H and O–H groups in total. The first-order valence-electron chi connectivity index (χ1n) is 8.38. The number of fused-ring (bicyclic) bond motifs is 4.